The Kier molecular flexibility index (Phi) is 8.42. The lowest BCUT2D eigenvalue weighted by Gasteiger charge is -2.15. The fourth-order valence-electron chi connectivity index (χ4n) is 2.21. The van der Waals surface area contributed by atoms with Gasteiger partial charge in [0.15, 0.2) is 11.2 Å². The lowest BCUT2D eigenvalue weighted by molar-refractivity contribution is -0.125. The molecule has 0 aliphatic heterocycles. The van der Waals surface area contributed by atoms with Gasteiger partial charge >= 0.3 is 5.97 Å². The van der Waals surface area contributed by atoms with Gasteiger partial charge in [0, 0.05) is 5.69 Å². The number of ether oxygens (including phenoxy) is 2. The van der Waals surface area contributed by atoms with E-state index in [2.05, 4.69) is 10.6 Å². The Balaban J connectivity index is 1.82. The van der Waals surface area contributed by atoms with Crippen LogP contribution in [-0.2, 0) is 9.53 Å². The molecule has 0 aliphatic rings. The smallest absolute Gasteiger partial charge is 0.338 e. The Hall–Kier alpha value is -2.93. The van der Waals surface area contributed by atoms with Gasteiger partial charge in [-0.25, -0.2) is 4.79 Å². The first-order valence-electron chi connectivity index (χ1n) is 9.10. The van der Waals surface area contributed by atoms with E-state index in [1.807, 2.05) is 25.1 Å². The quantitative estimate of drug-likeness (QED) is 0.397. The van der Waals surface area contributed by atoms with Crippen LogP contribution in [-0.4, -0.2) is 29.7 Å². The van der Waals surface area contributed by atoms with Gasteiger partial charge in [-0.1, -0.05) is 31.5 Å². The summed E-state index contributed by atoms with van der Waals surface area (Å²) in [4.78, 5) is 24.1. The minimum Gasteiger partial charge on any atom is -0.481 e. The van der Waals surface area contributed by atoms with Gasteiger partial charge in [0.2, 0.25) is 0 Å². The van der Waals surface area contributed by atoms with Crippen molar-refractivity contribution >= 4 is 34.9 Å². The molecule has 1 atom stereocenters. The summed E-state index contributed by atoms with van der Waals surface area (Å²) < 4.78 is 10.7. The number of amides is 1. The molecule has 0 heterocycles. The molecule has 7 heteroatoms. The molecule has 2 aromatic rings. The standard InChI is InChI=1S/C21H24N2O4S/c1-3-4-14-26-20(25)16-10-12-17(13-11-16)22-21(28)23-19(24)15(2)27-18-8-6-5-7-9-18/h5-13,15H,3-4,14H2,1-2H3,(H2,22,23,24,28). The van der Waals surface area contributed by atoms with Crippen LogP contribution in [0.2, 0.25) is 0 Å². The normalized spacial score (nSPS) is 11.2. The maximum atomic E-state index is 12.2. The zero-order chi connectivity index (χ0) is 20.4. The molecule has 0 radical (unpaired) electrons. The highest BCUT2D eigenvalue weighted by molar-refractivity contribution is 7.80. The number of para-hydroxylation sites is 1. The molecule has 0 bridgehead atoms. The highest BCUT2D eigenvalue weighted by Gasteiger charge is 2.16. The van der Waals surface area contributed by atoms with Crippen LogP contribution in [0.5, 0.6) is 5.75 Å². The Morgan fingerprint density at radius 1 is 1.07 bits per heavy atom. The van der Waals surface area contributed by atoms with Gasteiger partial charge in [-0.15, -0.1) is 0 Å². The summed E-state index contributed by atoms with van der Waals surface area (Å²) in [5.74, 6) is -0.120. The van der Waals surface area contributed by atoms with E-state index in [9.17, 15) is 9.59 Å². The third kappa shape index (κ3) is 7.00. The van der Waals surface area contributed by atoms with Gasteiger partial charge in [-0.3, -0.25) is 10.1 Å². The van der Waals surface area contributed by atoms with Crippen LogP contribution in [0.4, 0.5) is 5.69 Å². The predicted molar refractivity (Wildman–Crippen MR) is 113 cm³/mol. The van der Waals surface area contributed by atoms with E-state index in [0.717, 1.165) is 12.8 Å². The molecule has 2 rings (SSSR count). The molecule has 6 nitrogen and oxygen atoms in total. The first-order chi connectivity index (χ1) is 13.5. The van der Waals surface area contributed by atoms with E-state index < -0.39 is 6.10 Å². The van der Waals surface area contributed by atoms with Crippen LogP contribution in [0.1, 0.15) is 37.0 Å². The fraction of sp³-hybridized carbons (Fsp3) is 0.286. The second kappa shape index (κ2) is 11.0. The van der Waals surface area contributed by atoms with Crippen LogP contribution >= 0.6 is 12.2 Å². The lowest BCUT2D eigenvalue weighted by atomic mass is 10.2. The van der Waals surface area contributed by atoms with Gasteiger partial charge in [0.1, 0.15) is 5.75 Å². The third-order valence-corrected chi connectivity index (χ3v) is 3.98. The summed E-state index contributed by atoms with van der Waals surface area (Å²) in [5.41, 5.74) is 1.11. The summed E-state index contributed by atoms with van der Waals surface area (Å²) in [6, 6.07) is 15.7. The van der Waals surface area contributed by atoms with Crippen LogP contribution in [0.3, 0.4) is 0 Å². The molecule has 0 saturated carbocycles. The van der Waals surface area contributed by atoms with Crippen LogP contribution in [0.15, 0.2) is 54.6 Å². The summed E-state index contributed by atoms with van der Waals surface area (Å²) in [7, 11) is 0. The number of carbonyl (C=O) groups is 2. The molecule has 2 aromatic carbocycles. The van der Waals surface area contributed by atoms with Crippen molar-refractivity contribution in [1.82, 2.24) is 5.32 Å². The predicted octanol–water partition coefficient (Wildman–Crippen LogP) is 3.92. The number of esters is 1. The third-order valence-electron chi connectivity index (χ3n) is 3.77. The van der Waals surface area contributed by atoms with Crippen molar-refractivity contribution < 1.29 is 19.1 Å². The van der Waals surface area contributed by atoms with Crippen molar-refractivity contribution in [2.75, 3.05) is 11.9 Å². The van der Waals surface area contributed by atoms with Crippen molar-refractivity contribution in [1.29, 1.82) is 0 Å². The van der Waals surface area contributed by atoms with Crippen LogP contribution in [0, 0.1) is 0 Å². The molecule has 0 aliphatic carbocycles. The molecule has 0 fully saturated rings. The number of hydrogen-bond donors (Lipinski definition) is 2. The SMILES string of the molecule is CCCCOC(=O)c1ccc(NC(=S)NC(=O)C(C)Oc2ccccc2)cc1. The average Bonchev–Trinajstić information content (AvgIpc) is 2.69. The lowest BCUT2D eigenvalue weighted by Crippen LogP contribution is -2.42. The van der Waals surface area contributed by atoms with Crippen molar-refractivity contribution in [3.05, 3.63) is 60.2 Å². The maximum absolute atomic E-state index is 12.2. The first-order valence-corrected chi connectivity index (χ1v) is 9.51. The van der Waals surface area contributed by atoms with Crippen molar-refractivity contribution in [3.8, 4) is 5.75 Å². The molecule has 0 aromatic heterocycles. The number of unbranched alkanes of at least 4 members (excludes halogenated alkanes) is 1. The molecule has 148 valence electrons. The van der Waals surface area contributed by atoms with E-state index in [4.69, 9.17) is 21.7 Å². The number of rotatable bonds is 8. The number of anilines is 1. The molecule has 1 amide bonds. The largest absolute Gasteiger partial charge is 0.481 e. The Morgan fingerprint density at radius 2 is 1.75 bits per heavy atom. The van der Waals surface area contributed by atoms with E-state index in [-0.39, 0.29) is 17.0 Å². The van der Waals surface area contributed by atoms with Crippen LogP contribution in [0.25, 0.3) is 0 Å². The number of thiocarbonyl (C=S) groups is 1. The molecular formula is C21H24N2O4S. The van der Waals surface area contributed by atoms with Gasteiger partial charge in [-0.05, 0) is 62.0 Å². The van der Waals surface area contributed by atoms with Gasteiger partial charge in [0.25, 0.3) is 5.91 Å². The van der Waals surface area contributed by atoms with E-state index in [1.165, 1.54) is 0 Å². The second-order valence-corrected chi connectivity index (χ2v) is 6.49. The summed E-state index contributed by atoms with van der Waals surface area (Å²) >= 11 is 5.16. The van der Waals surface area contributed by atoms with Crippen LogP contribution < -0.4 is 15.4 Å². The minimum atomic E-state index is -0.706. The number of carbonyl (C=O) groups excluding carboxylic acids is 2. The highest BCUT2D eigenvalue weighted by atomic mass is 32.1. The van der Waals surface area contributed by atoms with Gasteiger partial charge in [0.05, 0.1) is 12.2 Å². The second-order valence-electron chi connectivity index (χ2n) is 6.08. The summed E-state index contributed by atoms with van der Waals surface area (Å²) in [5, 5.41) is 5.63. The molecule has 1 unspecified atom stereocenters. The monoisotopic (exact) mass is 400 g/mol. The Bertz CT molecular complexity index is 794. The number of nitrogens with one attached hydrogen (secondary N) is 2. The molecule has 0 spiro atoms. The maximum Gasteiger partial charge on any atom is 0.338 e. The number of benzene rings is 2. The van der Waals surface area contributed by atoms with E-state index >= 15 is 0 Å². The zero-order valence-electron chi connectivity index (χ0n) is 15.9. The van der Waals surface area contributed by atoms with Crippen molar-refractivity contribution in [3.63, 3.8) is 0 Å². The topological polar surface area (TPSA) is 76.7 Å². The summed E-state index contributed by atoms with van der Waals surface area (Å²) in [6.45, 7) is 4.09. The van der Waals surface area contributed by atoms with Crippen molar-refractivity contribution in [2.24, 2.45) is 0 Å². The highest BCUT2D eigenvalue weighted by Crippen LogP contribution is 2.12. The Labute approximate surface area is 170 Å². The zero-order valence-corrected chi connectivity index (χ0v) is 16.8. The first kappa shape index (κ1) is 21.4. The molecular weight excluding hydrogens is 376 g/mol. The van der Waals surface area contributed by atoms with E-state index in [0.29, 0.717) is 23.6 Å². The van der Waals surface area contributed by atoms with E-state index in [1.54, 1.807) is 43.3 Å². The molecule has 28 heavy (non-hydrogen) atoms. The Morgan fingerprint density at radius 3 is 2.39 bits per heavy atom. The summed E-state index contributed by atoms with van der Waals surface area (Å²) in [6.07, 6.45) is 1.10. The van der Waals surface area contributed by atoms with Gasteiger partial charge < -0.3 is 14.8 Å². The van der Waals surface area contributed by atoms with Crippen molar-refractivity contribution in [2.45, 2.75) is 32.8 Å². The van der Waals surface area contributed by atoms with Gasteiger partial charge in [-0.2, -0.15) is 0 Å². The number of hydrogen-bond acceptors (Lipinski definition) is 5. The molecule has 0 saturated heterocycles. The average molecular weight is 401 g/mol. The molecule has 2 N–H and O–H groups in total. The minimum absolute atomic E-state index is 0.145. The fourth-order valence-corrected chi connectivity index (χ4v) is 2.43.